The van der Waals surface area contributed by atoms with Gasteiger partial charge < -0.3 is 4.74 Å². The van der Waals surface area contributed by atoms with Crippen LogP contribution < -0.4 is 0 Å². The normalized spacial score (nSPS) is 19.9. The molecule has 0 N–H and O–H groups in total. The van der Waals surface area contributed by atoms with Crippen molar-refractivity contribution in [3.05, 3.63) is 49.9 Å². The van der Waals surface area contributed by atoms with E-state index in [1.165, 1.54) is 0 Å². The summed E-state index contributed by atoms with van der Waals surface area (Å²) < 4.78 is 5.87. The molecule has 1 saturated heterocycles. The summed E-state index contributed by atoms with van der Waals surface area (Å²) in [6.45, 7) is 5.38. The summed E-state index contributed by atoms with van der Waals surface area (Å²) in [6.07, 6.45) is 0.0354. The maximum atomic E-state index is 6.09. The minimum Gasteiger partial charge on any atom is -0.371 e. The number of rotatable bonds is 3. The van der Waals surface area contributed by atoms with Gasteiger partial charge >= 0.3 is 0 Å². The number of thiazole rings is 1. The molecule has 0 aliphatic carbocycles. The monoisotopic (exact) mass is 342 g/mol. The molecule has 1 aliphatic rings. The van der Waals surface area contributed by atoms with Gasteiger partial charge in [0.05, 0.1) is 33.5 Å². The first kappa shape index (κ1) is 15.3. The fourth-order valence-corrected chi connectivity index (χ4v) is 3.38. The van der Waals surface area contributed by atoms with Gasteiger partial charge in [-0.25, -0.2) is 4.98 Å². The van der Waals surface area contributed by atoms with Crippen LogP contribution in [0.15, 0.2) is 23.6 Å². The van der Waals surface area contributed by atoms with Crippen LogP contribution in [0.25, 0.3) is 0 Å². The van der Waals surface area contributed by atoms with Crippen LogP contribution in [0, 0.1) is 6.92 Å². The Morgan fingerprint density at radius 2 is 2.24 bits per heavy atom. The van der Waals surface area contributed by atoms with E-state index in [4.69, 9.17) is 27.9 Å². The van der Waals surface area contributed by atoms with Crippen molar-refractivity contribution in [3.63, 3.8) is 0 Å². The second-order valence-corrected chi connectivity index (χ2v) is 7.00. The Morgan fingerprint density at radius 1 is 1.38 bits per heavy atom. The van der Waals surface area contributed by atoms with Crippen molar-refractivity contribution in [1.29, 1.82) is 0 Å². The number of morpholine rings is 1. The zero-order valence-electron chi connectivity index (χ0n) is 11.7. The highest BCUT2D eigenvalue weighted by atomic mass is 35.5. The molecule has 1 aromatic carbocycles. The predicted molar refractivity (Wildman–Crippen MR) is 87.3 cm³/mol. The first-order chi connectivity index (χ1) is 10.1. The zero-order chi connectivity index (χ0) is 14.8. The van der Waals surface area contributed by atoms with Gasteiger partial charge in [-0.1, -0.05) is 29.3 Å². The molecule has 21 heavy (non-hydrogen) atoms. The average molecular weight is 343 g/mol. The number of aryl methyl sites for hydroxylation is 1. The van der Waals surface area contributed by atoms with Crippen molar-refractivity contribution in [2.45, 2.75) is 19.6 Å². The van der Waals surface area contributed by atoms with Crippen molar-refractivity contribution in [2.75, 3.05) is 19.7 Å². The lowest BCUT2D eigenvalue weighted by molar-refractivity contribution is -0.0332. The van der Waals surface area contributed by atoms with Crippen LogP contribution in [0.1, 0.15) is 22.4 Å². The molecule has 1 atom stereocenters. The molecule has 6 heteroatoms. The first-order valence-corrected chi connectivity index (χ1v) is 8.45. The smallest absolute Gasteiger partial charge is 0.0953 e. The molecule has 0 unspecified atom stereocenters. The summed E-state index contributed by atoms with van der Waals surface area (Å²) in [5.74, 6) is 0. The Hall–Kier alpha value is -0.650. The van der Waals surface area contributed by atoms with Gasteiger partial charge in [0.2, 0.25) is 0 Å². The standard InChI is InChI=1S/C15H16Cl2N2OS/c1-10-18-12(9-21-10)7-19-4-5-20-15(8-19)11-2-3-13(16)14(17)6-11/h2-3,6,9,15H,4-5,7-8H2,1H3/t15-/m1/s1. The first-order valence-electron chi connectivity index (χ1n) is 6.82. The van der Waals surface area contributed by atoms with Crippen LogP contribution in [0.2, 0.25) is 10.0 Å². The van der Waals surface area contributed by atoms with Gasteiger partial charge in [-0.3, -0.25) is 4.90 Å². The Morgan fingerprint density at radius 3 is 2.95 bits per heavy atom. The molecule has 1 aliphatic heterocycles. The summed E-state index contributed by atoms with van der Waals surface area (Å²) in [4.78, 5) is 6.89. The Kier molecular flexibility index (Phi) is 4.82. The molecule has 0 spiro atoms. The van der Waals surface area contributed by atoms with E-state index in [2.05, 4.69) is 15.3 Å². The second kappa shape index (κ2) is 6.63. The maximum absolute atomic E-state index is 6.09. The molecule has 1 fully saturated rings. The number of benzene rings is 1. The molecule has 2 heterocycles. The van der Waals surface area contributed by atoms with E-state index in [0.29, 0.717) is 16.7 Å². The molecule has 1 aromatic heterocycles. The number of halogens is 2. The Balaban J connectivity index is 1.68. The highest BCUT2D eigenvalue weighted by Gasteiger charge is 2.23. The van der Waals surface area contributed by atoms with Crippen molar-refractivity contribution < 1.29 is 4.74 Å². The van der Waals surface area contributed by atoms with E-state index in [1.807, 2.05) is 25.1 Å². The molecule has 0 bridgehead atoms. The SMILES string of the molecule is Cc1nc(CN2CCO[C@@H](c3ccc(Cl)c(Cl)c3)C2)cs1. The van der Waals surface area contributed by atoms with Crippen LogP contribution in [-0.4, -0.2) is 29.6 Å². The lowest BCUT2D eigenvalue weighted by Gasteiger charge is -2.32. The van der Waals surface area contributed by atoms with E-state index in [-0.39, 0.29) is 6.10 Å². The van der Waals surface area contributed by atoms with Crippen molar-refractivity contribution in [1.82, 2.24) is 9.88 Å². The lowest BCUT2D eigenvalue weighted by atomic mass is 10.1. The molecule has 3 rings (SSSR count). The number of nitrogens with zero attached hydrogens (tertiary/aromatic N) is 2. The summed E-state index contributed by atoms with van der Waals surface area (Å²) in [7, 11) is 0. The van der Waals surface area contributed by atoms with Crippen molar-refractivity contribution in [2.24, 2.45) is 0 Å². The zero-order valence-corrected chi connectivity index (χ0v) is 14.0. The van der Waals surface area contributed by atoms with Gasteiger partial charge in [0, 0.05) is 25.0 Å². The average Bonchev–Trinajstić information content (AvgIpc) is 2.87. The molecule has 0 radical (unpaired) electrons. The van der Waals surface area contributed by atoms with Crippen LogP contribution in [0.3, 0.4) is 0 Å². The summed E-state index contributed by atoms with van der Waals surface area (Å²) in [5, 5.41) is 4.38. The minimum atomic E-state index is 0.0354. The van der Waals surface area contributed by atoms with Crippen LogP contribution >= 0.6 is 34.5 Å². The number of hydrogen-bond donors (Lipinski definition) is 0. The molecular weight excluding hydrogens is 327 g/mol. The van der Waals surface area contributed by atoms with Gasteiger partial charge in [-0.2, -0.15) is 0 Å². The van der Waals surface area contributed by atoms with Gasteiger partial charge in [0.15, 0.2) is 0 Å². The summed E-state index contributed by atoms with van der Waals surface area (Å²) >= 11 is 13.8. The Labute approximate surface area is 138 Å². The van der Waals surface area contributed by atoms with E-state index < -0.39 is 0 Å². The number of aromatic nitrogens is 1. The highest BCUT2D eigenvalue weighted by molar-refractivity contribution is 7.09. The second-order valence-electron chi connectivity index (χ2n) is 5.13. The van der Waals surface area contributed by atoms with Crippen LogP contribution in [0.5, 0.6) is 0 Å². The molecule has 112 valence electrons. The Bertz CT molecular complexity index is 632. The van der Waals surface area contributed by atoms with Crippen LogP contribution in [0.4, 0.5) is 0 Å². The van der Waals surface area contributed by atoms with Gasteiger partial charge in [-0.15, -0.1) is 11.3 Å². The fourth-order valence-electron chi connectivity index (χ4n) is 2.47. The molecule has 2 aromatic rings. The lowest BCUT2D eigenvalue weighted by Crippen LogP contribution is -2.37. The predicted octanol–water partition coefficient (Wildman–Crippen LogP) is 4.33. The minimum absolute atomic E-state index is 0.0354. The van der Waals surface area contributed by atoms with E-state index in [1.54, 1.807) is 11.3 Å². The van der Waals surface area contributed by atoms with Gasteiger partial charge in [0.1, 0.15) is 0 Å². The summed E-state index contributed by atoms with van der Waals surface area (Å²) in [5.41, 5.74) is 2.20. The summed E-state index contributed by atoms with van der Waals surface area (Å²) in [6, 6.07) is 5.70. The number of hydrogen-bond acceptors (Lipinski definition) is 4. The highest BCUT2D eigenvalue weighted by Crippen LogP contribution is 2.29. The molecule has 0 saturated carbocycles. The molecule has 3 nitrogen and oxygen atoms in total. The van der Waals surface area contributed by atoms with E-state index in [0.717, 1.165) is 35.9 Å². The number of ether oxygens (including phenoxy) is 1. The third-order valence-corrected chi connectivity index (χ3v) is 5.08. The third-order valence-electron chi connectivity index (χ3n) is 3.52. The van der Waals surface area contributed by atoms with Gasteiger partial charge in [-0.05, 0) is 24.6 Å². The quantitative estimate of drug-likeness (QED) is 0.829. The van der Waals surface area contributed by atoms with Crippen molar-refractivity contribution >= 4 is 34.5 Å². The van der Waals surface area contributed by atoms with Gasteiger partial charge in [0.25, 0.3) is 0 Å². The topological polar surface area (TPSA) is 25.4 Å². The molecule has 0 amide bonds. The van der Waals surface area contributed by atoms with E-state index >= 15 is 0 Å². The maximum Gasteiger partial charge on any atom is 0.0953 e. The largest absolute Gasteiger partial charge is 0.371 e. The molecular formula is C15H16Cl2N2OS. The third kappa shape index (κ3) is 3.76. The van der Waals surface area contributed by atoms with Crippen LogP contribution in [-0.2, 0) is 11.3 Å². The fraction of sp³-hybridized carbons (Fsp3) is 0.400. The van der Waals surface area contributed by atoms with E-state index in [9.17, 15) is 0 Å². The van der Waals surface area contributed by atoms with Crippen molar-refractivity contribution in [3.8, 4) is 0 Å².